The quantitative estimate of drug-likeness (QED) is 0.510. The SMILES string of the molecule is COC(CO)C(C)=O.[NaH]. The van der Waals surface area contributed by atoms with Gasteiger partial charge in [0, 0.05) is 7.11 Å². The van der Waals surface area contributed by atoms with E-state index in [1.807, 2.05) is 0 Å². The van der Waals surface area contributed by atoms with Gasteiger partial charge in [0.05, 0.1) is 6.61 Å². The zero-order valence-corrected chi connectivity index (χ0v) is 5.05. The van der Waals surface area contributed by atoms with Crippen molar-refractivity contribution >= 4 is 35.3 Å². The van der Waals surface area contributed by atoms with Crippen molar-refractivity contribution in [2.75, 3.05) is 13.7 Å². The number of aliphatic hydroxyl groups is 1. The first-order valence-corrected chi connectivity index (χ1v) is 2.36. The molecular weight excluding hydrogens is 131 g/mol. The van der Waals surface area contributed by atoms with Gasteiger partial charge in [0.2, 0.25) is 0 Å². The molecule has 9 heavy (non-hydrogen) atoms. The number of aliphatic hydroxyl groups excluding tert-OH is 1. The molecule has 0 aliphatic heterocycles. The van der Waals surface area contributed by atoms with Gasteiger partial charge >= 0.3 is 29.6 Å². The first kappa shape index (κ1) is 12.3. The Morgan fingerprint density at radius 1 is 1.78 bits per heavy atom. The maximum atomic E-state index is 10.3. The van der Waals surface area contributed by atoms with Gasteiger partial charge in [0.15, 0.2) is 5.78 Å². The summed E-state index contributed by atoms with van der Waals surface area (Å²) in [5.74, 6) is -0.144. The maximum absolute atomic E-state index is 10.3. The molecule has 0 rings (SSSR count). The van der Waals surface area contributed by atoms with Crippen molar-refractivity contribution in [2.24, 2.45) is 0 Å². The second kappa shape index (κ2) is 6.71. The van der Waals surface area contributed by atoms with Gasteiger partial charge in [-0.15, -0.1) is 0 Å². The number of ketones is 1. The average molecular weight is 142 g/mol. The van der Waals surface area contributed by atoms with E-state index in [9.17, 15) is 4.79 Å². The molecule has 0 fully saturated rings. The second-order valence-corrected chi connectivity index (χ2v) is 1.52. The number of carbonyl (C=O) groups is 1. The van der Waals surface area contributed by atoms with Gasteiger partial charge in [0.25, 0.3) is 0 Å². The topological polar surface area (TPSA) is 46.5 Å². The molecule has 0 saturated heterocycles. The van der Waals surface area contributed by atoms with Crippen LogP contribution in [0.4, 0.5) is 0 Å². The van der Waals surface area contributed by atoms with E-state index < -0.39 is 6.10 Å². The predicted octanol–water partition coefficient (Wildman–Crippen LogP) is -1.07. The fourth-order valence-corrected chi connectivity index (χ4v) is 0.369. The number of Topliss-reactive ketones (excluding diaryl/α,β-unsaturated/α-hetero) is 1. The van der Waals surface area contributed by atoms with Crippen LogP contribution in [0.3, 0.4) is 0 Å². The Balaban J connectivity index is 0. The Kier molecular flexibility index (Phi) is 9.15. The van der Waals surface area contributed by atoms with Gasteiger partial charge in [-0.25, -0.2) is 0 Å². The molecule has 0 amide bonds. The van der Waals surface area contributed by atoms with Crippen LogP contribution >= 0.6 is 0 Å². The van der Waals surface area contributed by atoms with Crippen LogP contribution < -0.4 is 0 Å². The van der Waals surface area contributed by atoms with Crippen LogP contribution in [0, 0.1) is 0 Å². The van der Waals surface area contributed by atoms with Crippen molar-refractivity contribution in [3.05, 3.63) is 0 Å². The Morgan fingerprint density at radius 2 is 2.22 bits per heavy atom. The third-order valence-electron chi connectivity index (χ3n) is 0.904. The molecule has 0 aliphatic rings. The zero-order chi connectivity index (χ0) is 6.57. The molecule has 0 aromatic carbocycles. The van der Waals surface area contributed by atoms with E-state index in [2.05, 4.69) is 4.74 Å². The molecule has 0 spiro atoms. The third-order valence-corrected chi connectivity index (χ3v) is 0.904. The first-order chi connectivity index (χ1) is 3.72. The van der Waals surface area contributed by atoms with Crippen molar-refractivity contribution < 1.29 is 14.6 Å². The molecule has 0 saturated carbocycles. The van der Waals surface area contributed by atoms with Crippen molar-refractivity contribution in [1.29, 1.82) is 0 Å². The summed E-state index contributed by atoms with van der Waals surface area (Å²) in [5.41, 5.74) is 0. The van der Waals surface area contributed by atoms with Crippen molar-refractivity contribution in [3.8, 4) is 0 Å². The summed E-state index contributed by atoms with van der Waals surface area (Å²) in [6, 6.07) is 0. The third kappa shape index (κ3) is 5.06. The van der Waals surface area contributed by atoms with Crippen molar-refractivity contribution in [3.63, 3.8) is 0 Å². The molecule has 1 unspecified atom stereocenters. The Labute approximate surface area is 76.7 Å². The number of ether oxygens (including phenoxy) is 1. The van der Waals surface area contributed by atoms with E-state index in [0.29, 0.717) is 0 Å². The average Bonchev–Trinajstić information content (AvgIpc) is 1.69. The molecule has 1 atom stereocenters. The van der Waals surface area contributed by atoms with Crippen LogP contribution in [-0.4, -0.2) is 60.3 Å². The number of hydrogen-bond acceptors (Lipinski definition) is 3. The van der Waals surface area contributed by atoms with Gasteiger partial charge < -0.3 is 9.84 Å². The van der Waals surface area contributed by atoms with Crippen LogP contribution in [0.5, 0.6) is 0 Å². The molecule has 1 N–H and O–H groups in total. The molecule has 0 aliphatic carbocycles. The van der Waals surface area contributed by atoms with E-state index >= 15 is 0 Å². The molecule has 0 bridgehead atoms. The van der Waals surface area contributed by atoms with Crippen LogP contribution in [0.25, 0.3) is 0 Å². The monoisotopic (exact) mass is 142 g/mol. The summed E-state index contributed by atoms with van der Waals surface area (Å²) in [6.07, 6.45) is -0.630. The normalized spacial score (nSPS) is 11.9. The van der Waals surface area contributed by atoms with E-state index in [-0.39, 0.29) is 41.9 Å². The van der Waals surface area contributed by atoms with Crippen LogP contribution in [0.1, 0.15) is 6.92 Å². The summed E-state index contributed by atoms with van der Waals surface area (Å²) in [4.78, 5) is 10.3. The molecule has 4 heteroatoms. The second-order valence-electron chi connectivity index (χ2n) is 1.52. The molecule has 50 valence electrons. The molecule has 0 aromatic rings. The Hall–Kier alpha value is 0.590. The van der Waals surface area contributed by atoms with Crippen LogP contribution in [0.15, 0.2) is 0 Å². The Morgan fingerprint density at radius 3 is 2.22 bits per heavy atom. The predicted molar refractivity (Wildman–Crippen MR) is 35.7 cm³/mol. The minimum absolute atomic E-state index is 0. The molecule has 3 nitrogen and oxygen atoms in total. The summed E-state index contributed by atoms with van der Waals surface area (Å²) < 4.78 is 4.56. The number of hydrogen-bond donors (Lipinski definition) is 1. The zero-order valence-electron chi connectivity index (χ0n) is 5.05. The van der Waals surface area contributed by atoms with Crippen LogP contribution in [0.2, 0.25) is 0 Å². The van der Waals surface area contributed by atoms with E-state index in [1.54, 1.807) is 0 Å². The van der Waals surface area contributed by atoms with Crippen molar-refractivity contribution in [1.82, 2.24) is 0 Å². The van der Waals surface area contributed by atoms with E-state index in [4.69, 9.17) is 5.11 Å². The number of carbonyl (C=O) groups excluding carboxylic acids is 1. The van der Waals surface area contributed by atoms with Crippen LogP contribution in [-0.2, 0) is 9.53 Å². The molecular formula is C5H11NaO3. The molecule has 0 radical (unpaired) electrons. The van der Waals surface area contributed by atoms with Gasteiger partial charge in [-0.1, -0.05) is 0 Å². The minimum atomic E-state index is -0.630. The van der Waals surface area contributed by atoms with Gasteiger partial charge in [-0.2, -0.15) is 0 Å². The summed E-state index contributed by atoms with van der Waals surface area (Å²) in [6.45, 7) is 1.15. The van der Waals surface area contributed by atoms with E-state index in [1.165, 1.54) is 14.0 Å². The Bertz CT molecular complexity index is 80.3. The van der Waals surface area contributed by atoms with Gasteiger partial charge in [0.1, 0.15) is 6.10 Å². The van der Waals surface area contributed by atoms with E-state index in [0.717, 1.165) is 0 Å². The fraction of sp³-hybridized carbons (Fsp3) is 0.800. The summed E-state index contributed by atoms with van der Waals surface area (Å²) in [5, 5.41) is 8.35. The van der Waals surface area contributed by atoms with Gasteiger partial charge in [-0.05, 0) is 6.92 Å². The number of rotatable bonds is 3. The first-order valence-electron chi connectivity index (χ1n) is 2.36. The fourth-order valence-electron chi connectivity index (χ4n) is 0.369. The molecule has 0 heterocycles. The molecule has 0 aromatic heterocycles. The number of methoxy groups -OCH3 is 1. The standard InChI is InChI=1S/C5H10O3.Na.H/c1-4(7)5(3-6)8-2;;/h5-6H,3H2,1-2H3;;. The van der Waals surface area contributed by atoms with Crippen molar-refractivity contribution in [2.45, 2.75) is 13.0 Å². The van der Waals surface area contributed by atoms with Gasteiger partial charge in [-0.3, -0.25) is 4.79 Å². The summed E-state index contributed by atoms with van der Waals surface area (Å²) in [7, 11) is 1.39. The summed E-state index contributed by atoms with van der Waals surface area (Å²) >= 11 is 0.